The van der Waals surface area contributed by atoms with Crippen molar-refractivity contribution in [3.63, 3.8) is 0 Å². The molecule has 3 aromatic rings. The van der Waals surface area contributed by atoms with E-state index >= 15 is 0 Å². The lowest BCUT2D eigenvalue weighted by Gasteiger charge is -2.23. The van der Waals surface area contributed by atoms with E-state index in [4.69, 9.17) is 4.74 Å². The number of fused-ring (bicyclic) bond motifs is 1. The molecule has 0 aliphatic carbocycles. The number of benzene rings is 3. The molecule has 3 aromatic carbocycles. The fourth-order valence-electron chi connectivity index (χ4n) is 3.75. The Kier molecular flexibility index (Phi) is 5.29. The molecule has 0 spiro atoms. The highest BCUT2D eigenvalue weighted by Crippen LogP contribution is 2.28. The quantitative estimate of drug-likeness (QED) is 0.712. The minimum absolute atomic E-state index is 0.0152. The van der Waals surface area contributed by atoms with E-state index in [0.29, 0.717) is 6.54 Å². The van der Waals surface area contributed by atoms with Gasteiger partial charge in [0.15, 0.2) is 0 Å². The van der Waals surface area contributed by atoms with Crippen molar-refractivity contribution in [3.8, 4) is 5.75 Å². The van der Waals surface area contributed by atoms with Crippen LogP contribution in [0, 0.1) is 0 Å². The molecular weight excluding hydrogens is 348 g/mol. The SMILES string of the molecule is COc1ccc([C@@H](NC(=O)CN2CCc3ccccc32)c2ccccc2)cc1. The lowest BCUT2D eigenvalue weighted by molar-refractivity contribution is -0.120. The summed E-state index contributed by atoms with van der Waals surface area (Å²) in [5.74, 6) is 0.817. The van der Waals surface area contributed by atoms with Gasteiger partial charge in [0.1, 0.15) is 5.75 Å². The zero-order valence-corrected chi connectivity index (χ0v) is 16.0. The number of amides is 1. The molecule has 0 unspecified atom stereocenters. The summed E-state index contributed by atoms with van der Waals surface area (Å²) in [5.41, 5.74) is 4.56. The van der Waals surface area contributed by atoms with Crippen LogP contribution in [0.3, 0.4) is 0 Å². The van der Waals surface area contributed by atoms with Crippen molar-refractivity contribution >= 4 is 11.6 Å². The average molecular weight is 372 g/mol. The van der Waals surface area contributed by atoms with Crippen molar-refractivity contribution in [2.45, 2.75) is 12.5 Å². The Bertz CT molecular complexity index is 938. The number of ether oxygens (including phenoxy) is 1. The van der Waals surface area contributed by atoms with Crippen LogP contribution in [0.25, 0.3) is 0 Å². The van der Waals surface area contributed by atoms with Gasteiger partial charge in [-0.25, -0.2) is 0 Å². The molecule has 1 heterocycles. The van der Waals surface area contributed by atoms with Gasteiger partial charge in [0, 0.05) is 12.2 Å². The van der Waals surface area contributed by atoms with E-state index in [1.54, 1.807) is 7.11 Å². The van der Waals surface area contributed by atoms with Gasteiger partial charge in [-0.2, -0.15) is 0 Å². The van der Waals surface area contributed by atoms with Crippen LogP contribution in [0.15, 0.2) is 78.9 Å². The Labute approximate surface area is 165 Å². The molecule has 142 valence electrons. The third-order valence-corrected chi connectivity index (χ3v) is 5.21. The Hall–Kier alpha value is -3.27. The molecule has 1 aliphatic rings. The highest BCUT2D eigenvalue weighted by atomic mass is 16.5. The van der Waals surface area contributed by atoms with Gasteiger partial charge in [0.25, 0.3) is 0 Å². The molecule has 4 heteroatoms. The smallest absolute Gasteiger partial charge is 0.240 e. The molecule has 1 amide bonds. The maximum absolute atomic E-state index is 12.9. The molecule has 0 saturated heterocycles. The zero-order chi connectivity index (χ0) is 19.3. The molecule has 0 aromatic heterocycles. The molecule has 4 rings (SSSR count). The zero-order valence-electron chi connectivity index (χ0n) is 16.0. The van der Waals surface area contributed by atoms with Crippen LogP contribution in [0.1, 0.15) is 22.7 Å². The van der Waals surface area contributed by atoms with Crippen molar-refractivity contribution in [1.29, 1.82) is 0 Å². The van der Waals surface area contributed by atoms with Gasteiger partial charge in [0.05, 0.1) is 19.7 Å². The Morgan fingerprint density at radius 1 is 0.964 bits per heavy atom. The first-order valence-corrected chi connectivity index (χ1v) is 9.56. The Morgan fingerprint density at radius 2 is 1.64 bits per heavy atom. The van der Waals surface area contributed by atoms with E-state index in [1.807, 2.05) is 60.7 Å². The van der Waals surface area contributed by atoms with Crippen molar-refractivity contribution in [2.75, 3.05) is 25.1 Å². The fourth-order valence-corrected chi connectivity index (χ4v) is 3.75. The molecule has 1 N–H and O–H groups in total. The third kappa shape index (κ3) is 3.86. The third-order valence-electron chi connectivity index (χ3n) is 5.21. The maximum Gasteiger partial charge on any atom is 0.240 e. The van der Waals surface area contributed by atoms with Crippen LogP contribution in [0.4, 0.5) is 5.69 Å². The number of methoxy groups -OCH3 is 1. The van der Waals surface area contributed by atoms with Crippen LogP contribution >= 0.6 is 0 Å². The van der Waals surface area contributed by atoms with E-state index in [1.165, 1.54) is 11.3 Å². The lowest BCUT2D eigenvalue weighted by Crippen LogP contribution is -2.38. The second-order valence-electron chi connectivity index (χ2n) is 6.98. The molecule has 1 aliphatic heterocycles. The first kappa shape index (κ1) is 18.1. The summed E-state index contributed by atoms with van der Waals surface area (Å²) >= 11 is 0. The predicted molar refractivity (Wildman–Crippen MR) is 112 cm³/mol. The van der Waals surface area contributed by atoms with Gasteiger partial charge in [-0.05, 0) is 41.3 Å². The summed E-state index contributed by atoms with van der Waals surface area (Å²) in [4.78, 5) is 15.1. The predicted octanol–water partition coefficient (Wildman–Crippen LogP) is 3.96. The molecule has 28 heavy (non-hydrogen) atoms. The van der Waals surface area contributed by atoms with Gasteiger partial charge < -0.3 is 15.0 Å². The topological polar surface area (TPSA) is 41.6 Å². The second kappa shape index (κ2) is 8.17. The van der Waals surface area contributed by atoms with E-state index in [2.05, 4.69) is 28.4 Å². The molecule has 1 atom stereocenters. The summed E-state index contributed by atoms with van der Waals surface area (Å²) in [6, 6.07) is 26.0. The second-order valence-corrected chi connectivity index (χ2v) is 6.98. The van der Waals surface area contributed by atoms with Crippen LogP contribution in [0.5, 0.6) is 5.75 Å². The van der Waals surface area contributed by atoms with E-state index < -0.39 is 0 Å². The largest absolute Gasteiger partial charge is 0.497 e. The van der Waals surface area contributed by atoms with Crippen molar-refractivity contribution in [3.05, 3.63) is 95.6 Å². The molecular formula is C24H24N2O2. The number of hydrogen-bond acceptors (Lipinski definition) is 3. The van der Waals surface area contributed by atoms with Crippen LogP contribution in [-0.2, 0) is 11.2 Å². The van der Waals surface area contributed by atoms with Crippen molar-refractivity contribution in [2.24, 2.45) is 0 Å². The number of para-hydroxylation sites is 1. The molecule has 0 bridgehead atoms. The highest BCUT2D eigenvalue weighted by molar-refractivity contribution is 5.83. The maximum atomic E-state index is 12.9. The minimum atomic E-state index is -0.197. The van der Waals surface area contributed by atoms with E-state index in [9.17, 15) is 4.79 Å². The standard InChI is InChI=1S/C24H24N2O2/c1-28-21-13-11-20(12-14-21)24(19-8-3-2-4-9-19)25-23(27)17-26-16-15-18-7-5-6-10-22(18)26/h2-14,24H,15-17H2,1H3,(H,25,27)/t24-/m0/s1. The van der Waals surface area contributed by atoms with Crippen molar-refractivity contribution in [1.82, 2.24) is 5.32 Å². The first-order valence-electron chi connectivity index (χ1n) is 9.56. The van der Waals surface area contributed by atoms with E-state index in [0.717, 1.165) is 29.8 Å². The normalized spacial score (nSPS) is 13.7. The van der Waals surface area contributed by atoms with Crippen LogP contribution in [0.2, 0.25) is 0 Å². The number of carbonyl (C=O) groups excluding carboxylic acids is 1. The van der Waals surface area contributed by atoms with Gasteiger partial charge in [-0.15, -0.1) is 0 Å². The molecule has 4 nitrogen and oxygen atoms in total. The van der Waals surface area contributed by atoms with Gasteiger partial charge in [-0.1, -0.05) is 60.7 Å². The van der Waals surface area contributed by atoms with Gasteiger partial charge >= 0.3 is 0 Å². The summed E-state index contributed by atoms with van der Waals surface area (Å²) in [5, 5.41) is 3.22. The van der Waals surface area contributed by atoms with Gasteiger partial charge in [-0.3, -0.25) is 4.79 Å². The minimum Gasteiger partial charge on any atom is -0.497 e. The summed E-state index contributed by atoms with van der Waals surface area (Å²) < 4.78 is 5.26. The fraction of sp³-hybridized carbons (Fsp3) is 0.208. The summed E-state index contributed by atoms with van der Waals surface area (Å²) in [6.45, 7) is 1.24. The average Bonchev–Trinajstić information content (AvgIpc) is 3.15. The number of rotatable bonds is 6. The van der Waals surface area contributed by atoms with Crippen molar-refractivity contribution < 1.29 is 9.53 Å². The number of hydrogen-bond donors (Lipinski definition) is 1. The Morgan fingerprint density at radius 3 is 2.39 bits per heavy atom. The van der Waals surface area contributed by atoms with Gasteiger partial charge in [0.2, 0.25) is 5.91 Å². The molecule has 0 saturated carbocycles. The van der Waals surface area contributed by atoms with Crippen LogP contribution in [-0.4, -0.2) is 26.1 Å². The lowest BCUT2D eigenvalue weighted by atomic mass is 9.98. The number of nitrogens with zero attached hydrogens (tertiary/aromatic N) is 1. The Balaban J connectivity index is 1.53. The number of anilines is 1. The molecule has 0 radical (unpaired) electrons. The van der Waals surface area contributed by atoms with E-state index in [-0.39, 0.29) is 11.9 Å². The monoisotopic (exact) mass is 372 g/mol. The first-order chi connectivity index (χ1) is 13.7. The number of nitrogens with one attached hydrogen (secondary N) is 1. The summed E-state index contributed by atoms with van der Waals surface area (Å²) in [6.07, 6.45) is 0.990. The number of carbonyl (C=O) groups is 1. The summed E-state index contributed by atoms with van der Waals surface area (Å²) in [7, 11) is 1.65. The van der Waals surface area contributed by atoms with Crippen LogP contribution < -0.4 is 15.0 Å². The molecule has 0 fully saturated rings. The highest BCUT2D eigenvalue weighted by Gasteiger charge is 2.23.